The molecule has 132 valence electrons. The van der Waals surface area contributed by atoms with Crippen LogP contribution >= 0.6 is 0 Å². The maximum Gasteiger partial charge on any atom is 2.00 e. The van der Waals surface area contributed by atoms with Crippen LogP contribution < -0.4 is 0 Å². The van der Waals surface area contributed by atoms with Gasteiger partial charge in [0.25, 0.3) is 0 Å². The number of aryl methyl sites for hydroxylation is 4. The third-order valence-electron chi connectivity index (χ3n) is 4.66. The first kappa shape index (κ1) is 22.8. The van der Waals surface area contributed by atoms with Crippen molar-refractivity contribution in [2.75, 3.05) is 0 Å². The predicted molar refractivity (Wildman–Crippen MR) is 116 cm³/mol. The Morgan fingerprint density at radius 2 is 0.923 bits per heavy atom. The average Bonchev–Trinajstić information content (AvgIpc) is 3.06. The van der Waals surface area contributed by atoms with E-state index in [0.29, 0.717) is 0 Å². The molecule has 0 aliphatic rings. The van der Waals surface area contributed by atoms with Gasteiger partial charge >= 0.3 is 26.2 Å². The standard InChI is InChI=1S/2C11H11.C2H6Si.Zr/c2*1-8-7-10-5-3-4-6-11(10)9(8)2;1-3-2;/h2*3-7H,1-2H3;1-2H3;/q2*-1;;+2. The summed E-state index contributed by atoms with van der Waals surface area (Å²) in [7, 11) is 1.08. The van der Waals surface area contributed by atoms with Gasteiger partial charge < -0.3 is 0 Å². The SMILES string of the molecule is C[Si]C.Cc1[cH-]c2ccccc2c1C.Cc1[cH-]c2ccccc2c1C.[Zr+2]. The van der Waals surface area contributed by atoms with Crippen LogP contribution in [0, 0.1) is 27.7 Å². The Balaban J connectivity index is 0.000000219. The molecule has 0 bridgehead atoms. The second kappa shape index (κ2) is 10.8. The Kier molecular flexibility index (Phi) is 9.47. The van der Waals surface area contributed by atoms with Gasteiger partial charge in [0, 0.05) is 9.52 Å². The Labute approximate surface area is 180 Å². The minimum absolute atomic E-state index is 0. The minimum Gasteiger partial charge on any atom is -0.154 e. The fraction of sp³-hybridized carbons (Fsp3) is 0.250. The molecule has 0 fully saturated rings. The second-order valence-corrected chi connectivity index (χ2v) is 7.58. The summed E-state index contributed by atoms with van der Waals surface area (Å²) in [6, 6.07) is 21.5. The Morgan fingerprint density at radius 3 is 1.23 bits per heavy atom. The van der Waals surface area contributed by atoms with Crippen LogP contribution in [0.5, 0.6) is 0 Å². The summed E-state index contributed by atoms with van der Waals surface area (Å²) in [6.07, 6.45) is 0. The Bertz CT molecular complexity index is 865. The molecule has 0 spiro atoms. The van der Waals surface area contributed by atoms with Gasteiger partial charge in [0.05, 0.1) is 0 Å². The van der Waals surface area contributed by atoms with E-state index in [1.165, 1.54) is 43.8 Å². The molecule has 2 radical (unpaired) electrons. The molecule has 0 saturated heterocycles. The van der Waals surface area contributed by atoms with E-state index in [4.69, 9.17) is 0 Å². The van der Waals surface area contributed by atoms with Gasteiger partial charge in [-0.25, -0.2) is 0 Å². The minimum atomic E-state index is 0. The molecule has 4 aromatic carbocycles. The topological polar surface area (TPSA) is 0 Å². The Hall–Kier alpha value is -1.24. The summed E-state index contributed by atoms with van der Waals surface area (Å²) in [5.41, 5.74) is 5.62. The molecule has 0 N–H and O–H groups in total. The first-order valence-corrected chi connectivity index (χ1v) is 10.8. The molecule has 0 heterocycles. The van der Waals surface area contributed by atoms with Crippen molar-refractivity contribution in [3.05, 3.63) is 82.9 Å². The summed E-state index contributed by atoms with van der Waals surface area (Å²) >= 11 is 0. The van der Waals surface area contributed by atoms with E-state index < -0.39 is 0 Å². The first-order valence-electron chi connectivity index (χ1n) is 8.81. The molecular weight excluding hydrogens is 408 g/mol. The summed E-state index contributed by atoms with van der Waals surface area (Å²) in [6.45, 7) is 13.0. The summed E-state index contributed by atoms with van der Waals surface area (Å²) in [5.74, 6) is 0. The van der Waals surface area contributed by atoms with Crippen molar-refractivity contribution in [3.8, 4) is 0 Å². The number of hydrogen-bond donors (Lipinski definition) is 0. The van der Waals surface area contributed by atoms with Gasteiger partial charge in [-0.1, -0.05) is 52.9 Å². The van der Waals surface area contributed by atoms with E-state index in [1.54, 1.807) is 0 Å². The van der Waals surface area contributed by atoms with Gasteiger partial charge in [-0.15, -0.1) is 81.2 Å². The van der Waals surface area contributed by atoms with Gasteiger partial charge in [0.1, 0.15) is 0 Å². The second-order valence-electron chi connectivity index (χ2n) is 6.58. The molecule has 0 atom stereocenters. The average molecular weight is 436 g/mol. The van der Waals surface area contributed by atoms with Crippen LogP contribution in [0.3, 0.4) is 0 Å². The molecule has 26 heavy (non-hydrogen) atoms. The molecule has 0 amide bonds. The quantitative estimate of drug-likeness (QED) is 0.203. The summed E-state index contributed by atoms with van der Waals surface area (Å²) in [4.78, 5) is 0. The molecule has 4 aromatic rings. The maximum atomic E-state index is 2.24. The molecule has 2 heteroatoms. The molecule has 0 aliphatic heterocycles. The number of hydrogen-bond acceptors (Lipinski definition) is 0. The van der Waals surface area contributed by atoms with Crippen molar-refractivity contribution in [1.29, 1.82) is 0 Å². The van der Waals surface area contributed by atoms with Gasteiger partial charge in [0.15, 0.2) is 0 Å². The predicted octanol–water partition coefficient (Wildman–Crippen LogP) is 7.14. The number of fused-ring (bicyclic) bond motifs is 2. The van der Waals surface area contributed by atoms with Crippen LogP contribution in [0.1, 0.15) is 22.3 Å². The van der Waals surface area contributed by atoms with E-state index in [1.807, 2.05) is 0 Å². The van der Waals surface area contributed by atoms with Crippen molar-refractivity contribution < 1.29 is 26.2 Å². The van der Waals surface area contributed by atoms with E-state index in [2.05, 4.69) is 101 Å². The van der Waals surface area contributed by atoms with Crippen LogP contribution in [0.15, 0.2) is 60.7 Å². The maximum absolute atomic E-state index is 2.24. The van der Waals surface area contributed by atoms with E-state index >= 15 is 0 Å². The number of benzene rings is 2. The molecule has 4 rings (SSSR count). The van der Waals surface area contributed by atoms with Crippen LogP contribution in [0.25, 0.3) is 21.5 Å². The largest absolute Gasteiger partial charge is 2.00 e. The summed E-state index contributed by atoms with van der Waals surface area (Å²) in [5, 5.41) is 5.51. The number of rotatable bonds is 0. The van der Waals surface area contributed by atoms with Crippen LogP contribution in [-0.4, -0.2) is 9.52 Å². The third-order valence-corrected chi connectivity index (χ3v) is 4.66. The smallest absolute Gasteiger partial charge is 0.154 e. The van der Waals surface area contributed by atoms with E-state index in [-0.39, 0.29) is 26.2 Å². The zero-order valence-electron chi connectivity index (χ0n) is 16.8. The zero-order chi connectivity index (χ0) is 18.4. The van der Waals surface area contributed by atoms with Gasteiger partial charge in [-0.05, 0) is 0 Å². The molecular formula is C24H28SiZr. The molecule has 0 nitrogen and oxygen atoms in total. The summed E-state index contributed by atoms with van der Waals surface area (Å²) < 4.78 is 0. The van der Waals surface area contributed by atoms with E-state index in [0.717, 1.165) is 9.52 Å². The first-order chi connectivity index (χ1) is 12.0. The third kappa shape index (κ3) is 5.38. The fourth-order valence-corrected chi connectivity index (χ4v) is 3.04. The normalized spacial score (nSPS) is 9.77. The van der Waals surface area contributed by atoms with Crippen LogP contribution in [-0.2, 0) is 26.2 Å². The van der Waals surface area contributed by atoms with Crippen molar-refractivity contribution in [1.82, 2.24) is 0 Å². The molecule has 0 aromatic heterocycles. The van der Waals surface area contributed by atoms with Crippen LogP contribution in [0.4, 0.5) is 0 Å². The molecule has 0 unspecified atom stereocenters. The fourth-order valence-electron chi connectivity index (χ4n) is 3.04. The van der Waals surface area contributed by atoms with Gasteiger partial charge in [-0.2, -0.15) is 11.1 Å². The van der Waals surface area contributed by atoms with Crippen LogP contribution in [0.2, 0.25) is 13.1 Å². The molecule has 0 saturated carbocycles. The molecule has 0 aliphatic carbocycles. The zero-order valence-corrected chi connectivity index (χ0v) is 20.2. The van der Waals surface area contributed by atoms with Crippen molar-refractivity contribution in [3.63, 3.8) is 0 Å². The van der Waals surface area contributed by atoms with Gasteiger partial charge in [-0.3, -0.25) is 0 Å². The van der Waals surface area contributed by atoms with E-state index in [9.17, 15) is 0 Å². The van der Waals surface area contributed by atoms with Crippen molar-refractivity contribution in [2.45, 2.75) is 40.8 Å². The monoisotopic (exact) mass is 434 g/mol. The van der Waals surface area contributed by atoms with Crippen molar-refractivity contribution >= 4 is 31.1 Å². The van der Waals surface area contributed by atoms with Crippen molar-refractivity contribution in [2.24, 2.45) is 0 Å². The Morgan fingerprint density at radius 1 is 0.615 bits per heavy atom. The van der Waals surface area contributed by atoms with Gasteiger partial charge in [0.2, 0.25) is 0 Å².